The molecule has 27 heavy (non-hydrogen) atoms. The molecule has 1 saturated heterocycles. The Balaban J connectivity index is 2.08. The van der Waals surface area contributed by atoms with E-state index in [2.05, 4.69) is 4.98 Å². The van der Waals surface area contributed by atoms with Crippen LogP contribution in [-0.4, -0.2) is 50.9 Å². The van der Waals surface area contributed by atoms with E-state index in [0.29, 0.717) is 24.9 Å². The fraction of sp³-hybridized carbons (Fsp3) is 0.389. The lowest BCUT2D eigenvalue weighted by molar-refractivity contribution is -0.389. The average molecular weight is 372 g/mol. The number of likely N-dealkylation sites (tertiary alicyclic amines) is 1. The van der Waals surface area contributed by atoms with Gasteiger partial charge in [0, 0.05) is 6.54 Å². The number of hydrogen-bond acceptors (Lipinski definition) is 6. The van der Waals surface area contributed by atoms with Crippen molar-refractivity contribution in [2.24, 2.45) is 0 Å². The van der Waals surface area contributed by atoms with E-state index in [1.165, 1.54) is 29.1 Å². The summed E-state index contributed by atoms with van der Waals surface area (Å²) in [6, 6.07) is 8.27. The molecule has 1 fully saturated rings. The van der Waals surface area contributed by atoms with Gasteiger partial charge in [0.1, 0.15) is 17.8 Å². The van der Waals surface area contributed by atoms with E-state index in [-0.39, 0.29) is 11.7 Å². The Hall–Kier alpha value is -3.23. The smallest absolute Gasteiger partial charge is 0.381 e. The molecule has 0 radical (unpaired) electrons. The molecule has 0 aliphatic carbocycles. The largest absolute Gasteiger partial charge is 0.467 e. The summed E-state index contributed by atoms with van der Waals surface area (Å²) in [4.78, 5) is 41.4. The highest BCUT2D eigenvalue weighted by molar-refractivity contribution is 5.92. The summed E-state index contributed by atoms with van der Waals surface area (Å²) in [5.74, 6) is -1.15. The van der Waals surface area contributed by atoms with Crippen molar-refractivity contribution in [2.45, 2.75) is 31.3 Å². The van der Waals surface area contributed by atoms with E-state index in [0.717, 1.165) is 0 Å². The number of nitro groups is 1. The number of aromatic nitrogens is 2. The van der Waals surface area contributed by atoms with Gasteiger partial charge in [-0.15, -0.1) is 0 Å². The van der Waals surface area contributed by atoms with Crippen molar-refractivity contribution in [3.05, 3.63) is 58.5 Å². The van der Waals surface area contributed by atoms with Crippen molar-refractivity contribution in [1.29, 1.82) is 0 Å². The first-order valence-electron chi connectivity index (χ1n) is 8.53. The Morgan fingerprint density at radius 3 is 2.63 bits per heavy atom. The van der Waals surface area contributed by atoms with Crippen LogP contribution >= 0.6 is 0 Å². The number of rotatable bonds is 5. The van der Waals surface area contributed by atoms with Gasteiger partial charge in [-0.25, -0.2) is 4.79 Å². The third-order valence-corrected chi connectivity index (χ3v) is 5.01. The van der Waals surface area contributed by atoms with Crippen molar-refractivity contribution < 1.29 is 19.2 Å². The third-order valence-electron chi connectivity index (χ3n) is 5.01. The molecule has 0 saturated carbocycles. The Morgan fingerprint density at radius 1 is 1.33 bits per heavy atom. The van der Waals surface area contributed by atoms with Crippen molar-refractivity contribution in [2.75, 3.05) is 13.7 Å². The molecule has 1 aliphatic heterocycles. The number of nitrogens with zero attached hydrogens (tertiary/aromatic N) is 4. The van der Waals surface area contributed by atoms with E-state index in [9.17, 15) is 19.7 Å². The minimum absolute atomic E-state index is 0.339. The standard InChI is InChI=1S/C18H20N4O5/c1-18(13-7-4-3-5-8-13,20-11-15(19-12-20)22(25)26)17(24)21-10-6-9-14(21)16(23)27-2/h3-5,7-8,11-12,14H,6,9-10H2,1-2H3/t14-,18?/m1/s1. The normalized spacial score (nSPS) is 18.7. The van der Waals surface area contributed by atoms with Crippen LogP contribution in [0.2, 0.25) is 0 Å². The molecule has 1 unspecified atom stereocenters. The molecule has 1 aromatic carbocycles. The summed E-state index contributed by atoms with van der Waals surface area (Å²) >= 11 is 0. The molecule has 0 N–H and O–H groups in total. The molecule has 3 rings (SSSR count). The molecular formula is C18H20N4O5. The summed E-state index contributed by atoms with van der Waals surface area (Å²) in [6.07, 6.45) is 3.70. The van der Waals surface area contributed by atoms with Crippen LogP contribution in [0.25, 0.3) is 0 Å². The number of hydrogen-bond donors (Lipinski definition) is 0. The van der Waals surface area contributed by atoms with Crippen LogP contribution in [0.15, 0.2) is 42.9 Å². The van der Waals surface area contributed by atoms with Gasteiger partial charge in [-0.05, 0) is 35.2 Å². The Bertz CT molecular complexity index is 866. The van der Waals surface area contributed by atoms with E-state index >= 15 is 0 Å². The number of esters is 1. The van der Waals surface area contributed by atoms with Gasteiger partial charge in [0.2, 0.25) is 6.33 Å². The van der Waals surface area contributed by atoms with E-state index < -0.39 is 22.5 Å². The van der Waals surface area contributed by atoms with Crippen LogP contribution in [-0.2, 0) is 19.9 Å². The van der Waals surface area contributed by atoms with Gasteiger partial charge in [0.05, 0.1) is 7.11 Å². The third kappa shape index (κ3) is 3.16. The molecule has 2 atom stereocenters. The van der Waals surface area contributed by atoms with Crippen molar-refractivity contribution in [1.82, 2.24) is 14.5 Å². The minimum atomic E-state index is -1.29. The van der Waals surface area contributed by atoms with E-state index in [1.807, 2.05) is 6.07 Å². The van der Waals surface area contributed by atoms with Crippen LogP contribution in [0.3, 0.4) is 0 Å². The van der Waals surface area contributed by atoms with Gasteiger partial charge in [0.25, 0.3) is 5.91 Å². The molecule has 1 aliphatic rings. The molecule has 142 valence electrons. The van der Waals surface area contributed by atoms with Gasteiger partial charge < -0.3 is 19.8 Å². The van der Waals surface area contributed by atoms with Crippen molar-refractivity contribution >= 4 is 17.7 Å². The number of carbonyl (C=O) groups excluding carboxylic acids is 2. The molecule has 1 aromatic heterocycles. The molecule has 9 nitrogen and oxygen atoms in total. The molecule has 2 heterocycles. The lowest BCUT2D eigenvalue weighted by Crippen LogP contribution is -2.52. The Kier molecular flexibility index (Phi) is 4.93. The number of amides is 1. The second kappa shape index (κ2) is 7.18. The SMILES string of the molecule is COC(=O)[C@H]1CCCN1C(=O)C(C)(c1ccccc1)n1cnc([N+](=O)[O-])c1. The summed E-state index contributed by atoms with van der Waals surface area (Å²) in [7, 11) is 1.29. The lowest BCUT2D eigenvalue weighted by Gasteiger charge is -2.35. The number of benzene rings is 1. The minimum Gasteiger partial charge on any atom is -0.467 e. The van der Waals surface area contributed by atoms with E-state index in [1.54, 1.807) is 31.2 Å². The maximum atomic E-state index is 13.6. The Labute approximate surface area is 155 Å². The molecule has 0 spiro atoms. The highest BCUT2D eigenvalue weighted by Crippen LogP contribution is 2.33. The van der Waals surface area contributed by atoms with Crippen molar-refractivity contribution in [3.63, 3.8) is 0 Å². The van der Waals surface area contributed by atoms with Crippen LogP contribution in [0, 0.1) is 10.1 Å². The number of methoxy groups -OCH3 is 1. The second-order valence-electron chi connectivity index (χ2n) is 6.51. The summed E-state index contributed by atoms with van der Waals surface area (Å²) < 4.78 is 6.26. The number of ether oxygens (including phenoxy) is 1. The number of carbonyl (C=O) groups is 2. The maximum absolute atomic E-state index is 13.6. The first kappa shape index (κ1) is 18.6. The first-order chi connectivity index (χ1) is 12.9. The Morgan fingerprint density at radius 2 is 2.04 bits per heavy atom. The lowest BCUT2D eigenvalue weighted by atomic mass is 9.89. The first-order valence-corrected chi connectivity index (χ1v) is 8.53. The van der Waals surface area contributed by atoms with Gasteiger partial charge in [-0.3, -0.25) is 9.36 Å². The molecule has 1 amide bonds. The van der Waals surface area contributed by atoms with Crippen LogP contribution in [0.1, 0.15) is 25.3 Å². The monoisotopic (exact) mass is 372 g/mol. The van der Waals surface area contributed by atoms with Crippen LogP contribution in [0.4, 0.5) is 5.82 Å². The fourth-order valence-electron chi connectivity index (χ4n) is 3.47. The zero-order valence-electron chi connectivity index (χ0n) is 15.1. The van der Waals surface area contributed by atoms with Gasteiger partial charge in [-0.2, -0.15) is 0 Å². The van der Waals surface area contributed by atoms with Gasteiger partial charge in [-0.1, -0.05) is 30.3 Å². The molecule has 9 heteroatoms. The maximum Gasteiger partial charge on any atom is 0.381 e. The summed E-state index contributed by atoms with van der Waals surface area (Å²) in [5, 5.41) is 11.1. The highest BCUT2D eigenvalue weighted by atomic mass is 16.6. The predicted octanol–water partition coefficient (Wildman–Crippen LogP) is 1.72. The zero-order chi connectivity index (χ0) is 19.6. The van der Waals surface area contributed by atoms with Crippen LogP contribution in [0.5, 0.6) is 0 Å². The fourth-order valence-corrected chi connectivity index (χ4v) is 3.47. The quantitative estimate of drug-likeness (QED) is 0.449. The van der Waals surface area contributed by atoms with E-state index in [4.69, 9.17) is 4.74 Å². The highest BCUT2D eigenvalue weighted by Gasteiger charge is 2.46. The summed E-state index contributed by atoms with van der Waals surface area (Å²) in [6.45, 7) is 2.08. The second-order valence-corrected chi connectivity index (χ2v) is 6.51. The van der Waals surface area contributed by atoms with Gasteiger partial charge in [0.15, 0.2) is 0 Å². The molecule has 2 aromatic rings. The van der Waals surface area contributed by atoms with Crippen LogP contribution < -0.4 is 0 Å². The zero-order valence-corrected chi connectivity index (χ0v) is 15.1. The molecule has 0 bridgehead atoms. The van der Waals surface area contributed by atoms with Gasteiger partial charge >= 0.3 is 11.8 Å². The van der Waals surface area contributed by atoms with Crippen molar-refractivity contribution in [3.8, 4) is 0 Å². The predicted molar refractivity (Wildman–Crippen MR) is 94.8 cm³/mol. The average Bonchev–Trinajstić information content (AvgIpc) is 3.36. The molecular weight excluding hydrogens is 352 g/mol. The summed E-state index contributed by atoms with van der Waals surface area (Å²) in [5.41, 5.74) is -0.656. The number of imidazole rings is 1. The topological polar surface area (TPSA) is 108 Å².